The first-order valence-corrected chi connectivity index (χ1v) is 6.35. The molecule has 0 fully saturated rings. The van der Waals surface area contributed by atoms with Gasteiger partial charge in [-0.15, -0.1) is 0 Å². The zero-order chi connectivity index (χ0) is 15.2. The first-order valence-electron chi connectivity index (χ1n) is 6.35. The zero-order valence-electron chi connectivity index (χ0n) is 11.5. The molecule has 0 spiro atoms. The highest BCUT2D eigenvalue weighted by molar-refractivity contribution is 5.57. The smallest absolute Gasteiger partial charge is 0.311 e. The molecular formula is C14H16N4O3. The molecule has 1 aromatic heterocycles. The summed E-state index contributed by atoms with van der Waals surface area (Å²) in [6.07, 6.45) is 0. The van der Waals surface area contributed by atoms with Gasteiger partial charge in [0.05, 0.1) is 12.0 Å². The van der Waals surface area contributed by atoms with Crippen molar-refractivity contribution >= 4 is 11.5 Å². The highest BCUT2D eigenvalue weighted by Crippen LogP contribution is 2.25. The summed E-state index contributed by atoms with van der Waals surface area (Å²) in [5.41, 5.74) is 6.87. The Morgan fingerprint density at radius 1 is 1.33 bits per heavy atom. The molecule has 7 heteroatoms. The van der Waals surface area contributed by atoms with E-state index in [1.165, 1.54) is 19.2 Å². The third kappa shape index (κ3) is 3.67. The minimum Gasteiger partial charge on any atom is -0.481 e. The number of nitro groups is 1. The van der Waals surface area contributed by atoms with E-state index in [2.05, 4.69) is 10.3 Å². The second kappa shape index (κ2) is 6.67. The summed E-state index contributed by atoms with van der Waals surface area (Å²) in [5, 5.41) is 13.9. The lowest BCUT2D eigenvalue weighted by molar-refractivity contribution is -0.384. The average Bonchev–Trinajstić information content (AvgIpc) is 2.52. The van der Waals surface area contributed by atoms with Crippen LogP contribution in [-0.4, -0.2) is 23.6 Å². The van der Waals surface area contributed by atoms with Crippen molar-refractivity contribution in [1.29, 1.82) is 0 Å². The SMILES string of the molecule is COc1ccc([N+](=O)[O-])c(NCC(N)c2ccccc2)n1. The van der Waals surface area contributed by atoms with Crippen LogP contribution in [0.4, 0.5) is 11.5 Å². The molecule has 7 nitrogen and oxygen atoms in total. The number of hydrogen-bond acceptors (Lipinski definition) is 6. The first-order chi connectivity index (χ1) is 10.1. The highest BCUT2D eigenvalue weighted by Gasteiger charge is 2.17. The number of ether oxygens (including phenoxy) is 1. The van der Waals surface area contributed by atoms with Crippen molar-refractivity contribution in [3.63, 3.8) is 0 Å². The number of pyridine rings is 1. The van der Waals surface area contributed by atoms with Crippen LogP contribution in [0, 0.1) is 10.1 Å². The number of hydrogen-bond donors (Lipinski definition) is 2. The van der Waals surface area contributed by atoms with Gasteiger partial charge < -0.3 is 15.8 Å². The molecule has 0 aliphatic heterocycles. The lowest BCUT2D eigenvalue weighted by Crippen LogP contribution is -2.21. The molecule has 0 aliphatic rings. The molecule has 3 N–H and O–H groups in total. The van der Waals surface area contributed by atoms with Gasteiger partial charge in [-0.1, -0.05) is 30.3 Å². The number of rotatable bonds is 6. The molecule has 1 unspecified atom stereocenters. The van der Waals surface area contributed by atoms with E-state index in [0.717, 1.165) is 5.56 Å². The molecule has 0 bridgehead atoms. The van der Waals surface area contributed by atoms with E-state index >= 15 is 0 Å². The second-order valence-corrected chi connectivity index (χ2v) is 4.38. The Hall–Kier alpha value is -2.67. The summed E-state index contributed by atoms with van der Waals surface area (Å²) in [6.45, 7) is 0.324. The third-order valence-electron chi connectivity index (χ3n) is 2.97. The number of benzene rings is 1. The van der Waals surface area contributed by atoms with Crippen molar-refractivity contribution in [3.8, 4) is 5.88 Å². The third-order valence-corrected chi connectivity index (χ3v) is 2.97. The van der Waals surface area contributed by atoms with Crippen molar-refractivity contribution in [2.24, 2.45) is 5.73 Å². The molecule has 2 aromatic rings. The number of nitrogens with zero attached hydrogens (tertiary/aromatic N) is 2. The van der Waals surface area contributed by atoms with Gasteiger partial charge in [0.25, 0.3) is 0 Å². The van der Waals surface area contributed by atoms with E-state index in [1.807, 2.05) is 30.3 Å². The minimum absolute atomic E-state index is 0.115. The lowest BCUT2D eigenvalue weighted by atomic mass is 10.1. The predicted molar refractivity (Wildman–Crippen MR) is 79.3 cm³/mol. The van der Waals surface area contributed by atoms with Crippen molar-refractivity contribution in [2.75, 3.05) is 19.0 Å². The van der Waals surface area contributed by atoms with Crippen molar-refractivity contribution in [3.05, 3.63) is 58.1 Å². The quantitative estimate of drug-likeness (QED) is 0.623. The Balaban J connectivity index is 2.13. The summed E-state index contributed by atoms with van der Waals surface area (Å²) in [6, 6.07) is 12.0. The Bertz CT molecular complexity index is 619. The van der Waals surface area contributed by atoms with Crippen LogP contribution >= 0.6 is 0 Å². The van der Waals surface area contributed by atoms with E-state index in [-0.39, 0.29) is 17.5 Å². The Morgan fingerprint density at radius 3 is 2.67 bits per heavy atom. The first kappa shape index (κ1) is 14.7. The summed E-state index contributed by atoms with van der Waals surface area (Å²) >= 11 is 0. The monoisotopic (exact) mass is 288 g/mol. The van der Waals surface area contributed by atoms with Crippen molar-refractivity contribution < 1.29 is 9.66 Å². The summed E-state index contributed by atoms with van der Waals surface area (Å²) in [4.78, 5) is 14.5. The van der Waals surface area contributed by atoms with Crippen LogP contribution in [0.5, 0.6) is 5.88 Å². The molecule has 0 amide bonds. The van der Waals surface area contributed by atoms with Crippen LogP contribution in [0.2, 0.25) is 0 Å². The van der Waals surface area contributed by atoms with Crippen molar-refractivity contribution in [1.82, 2.24) is 4.98 Å². The fraction of sp³-hybridized carbons (Fsp3) is 0.214. The molecule has 0 saturated carbocycles. The largest absolute Gasteiger partial charge is 0.481 e. The fourth-order valence-electron chi connectivity index (χ4n) is 1.85. The van der Waals surface area contributed by atoms with Gasteiger partial charge in [-0.05, 0) is 5.56 Å². The molecule has 0 saturated heterocycles. The molecule has 0 radical (unpaired) electrons. The fourth-order valence-corrected chi connectivity index (χ4v) is 1.85. The Morgan fingerprint density at radius 2 is 2.05 bits per heavy atom. The molecule has 1 heterocycles. The zero-order valence-corrected chi connectivity index (χ0v) is 11.5. The van der Waals surface area contributed by atoms with E-state index in [9.17, 15) is 10.1 Å². The number of aromatic nitrogens is 1. The topological polar surface area (TPSA) is 103 Å². The number of nitrogens with two attached hydrogens (primary N) is 1. The van der Waals surface area contributed by atoms with Crippen LogP contribution < -0.4 is 15.8 Å². The average molecular weight is 288 g/mol. The number of anilines is 1. The minimum atomic E-state index is -0.497. The van der Waals surface area contributed by atoms with Crippen LogP contribution in [0.25, 0.3) is 0 Å². The lowest BCUT2D eigenvalue weighted by Gasteiger charge is -2.14. The van der Waals surface area contributed by atoms with Gasteiger partial charge in [0.2, 0.25) is 11.7 Å². The number of nitrogens with one attached hydrogen (secondary N) is 1. The van der Waals surface area contributed by atoms with Gasteiger partial charge in [0, 0.05) is 24.7 Å². The maximum atomic E-state index is 11.0. The summed E-state index contributed by atoms with van der Waals surface area (Å²) in [7, 11) is 1.45. The Labute approximate surface area is 121 Å². The van der Waals surface area contributed by atoms with Crippen LogP contribution in [-0.2, 0) is 0 Å². The van der Waals surface area contributed by atoms with Crippen LogP contribution in [0.3, 0.4) is 0 Å². The summed E-state index contributed by atoms with van der Waals surface area (Å²) in [5.74, 6) is 0.446. The van der Waals surface area contributed by atoms with Gasteiger partial charge in [-0.25, -0.2) is 0 Å². The molecule has 0 aliphatic carbocycles. The standard InChI is InChI=1S/C14H16N4O3/c1-21-13-8-7-12(18(19)20)14(17-13)16-9-11(15)10-5-3-2-4-6-10/h2-8,11H,9,15H2,1H3,(H,16,17). The molecule has 21 heavy (non-hydrogen) atoms. The van der Waals surface area contributed by atoms with E-state index in [0.29, 0.717) is 12.4 Å². The highest BCUT2D eigenvalue weighted by atomic mass is 16.6. The van der Waals surface area contributed by atoms with Gasteiger partial charge in [0.15, 0.2) is 0 Å². The molecule has 110 valence electrons. The normalized spacial score (nSPS) is 11.7. The molecule has 1 aromatic carbocycles. The van der Waals surface area contributed by atoms with Crippen molar-refractivity contribution in [2.45, 2.75) is 6.04 Å². The molecule has 1 atom stereocenters. The summed E-state index contributed by atoms with van der Waals surface area (Å²) < 4.78 is 4.98. The maximum Gasteiger partial charge on any atom is 0.311 e. The maximum absolute atomic E-state index is 11.0. The molecule has 2 rings (SSSR count). The van der Waals surface area contributed by atoms with Gasteiger partial charge in [-0.3, -0.25) is 10.1 Å². The van der Waals surface area contributed by atoms with Crippen LogP contribution in [0.15, 0.2) is 42.5 Å². The van der Waals surface area contributed by atoms with E-state index < -0.39 is 4.92 Å². The van der Waals surface area contributed by atoms with Gasteiger partial charge >= 0.3 is 5.69 Å². The second-order valence-electron chi connectivity index (χ2n) is 4.38. The van der Waals surface area contributed by atoms with Gasteiger partial charge in [-0.2, -0.15) is 4.98 Å². The van der Waals surface area contributed by atoms with Crippen LogP contribution in [0.1, 0.15) is 11.6 Å². The Kier molecular flexibility index (Phi) is 4.68. The number of methoxy groups -OCH3 is 1. The predicted octanol–water partition coefficient (Wildman–Crippen LogP) is 2.11. The van der Waals surface area contributed by atoms with Gasteiger partial charge in [0.1, 0.15) is 0 Å². The van der Waals surface area contributed by atoms with E-state index in [4.69, 9.17) is 10.5 Å². The molecular weight excluding hydrogens is 272 g/mol. The van der Waals surface area contributed by atoms with E-state index in [1.54, 1.807) is 0 Å².